The van der Waals surface area contributed by atoms with Crippen LogP contribution in [0.4, 0.5) is 0 Å². The van der Waals surface area contributed by atoms with E-state index in [1.54, 1.807) is 6.20 Å². The van der Waals surface area contributed by atoms with Crippen LogP contribution < -0.4 is 0 Å². The van der Waals surface area contributed by atoms with E-state index in [2.05, 4.69) is 10.3 Å². The molecule has 0 bridgehead atoms. The molecule has 1 aliphatic carbocycles. The van der Waals surface area contributed by atoms with Gasteiger partial charge in [-0.25, -0.2) is 0 Å². The molecule has 4 nitrogen and oxygen atoms in total. The van der Waals surface area contributed by atoms with Crippen LogP contribution in [0, 0.1) is 0 Å². The first-order valence-corrected chi connectivity index (χ1v) is 4.98. The van der Waals surface area contributed by atoms with E-state index in [9.17, 15) is 0 Å². The average Bonchev–Trinajstić information content (AvgIpc) is 2.43. The van der Waals surface area contributed by atoms with Crippen molar-refractivity contribution in [2.75, 3.05) is 0 Å². The van der Waals surface area contributed by atoms with E-state index in [0.29, 0.717) is 5.92 Å². The minimum atomic E-state index is 0.517. The predicted octanol–water partition coefficient (Wildman–Crippen LogP) is 1.95. The molecule has 0 aliphatic heterocycles. The Balaban J connectivity index is 2.06. The molecule has 0 amide bonds. The Morgan fingerprint density at radius 1 is 1.23 bits per heavy atom. The van der Waals surface area contributed by atoms with Crippen LogP contribution in [0.1, 0.15) is 50.1 Å². The van der Waals surface area contributed by atoms with Crippen molar-refractivity contribution in [3.05, 3.63) is 11.9 Å². The van der Waals surface area contributed by atoms with E-state index in [-0.39, 0.29) is 0 Å². The van der Waals surface area contributed by atoms with Crippen molar-refractivity contribution in [1.82, 2.24) is 15.2 Å². The lowest BCUT2D eigenvalue weighted by Gasteiger charge is -2.08. The molecule has 2 rings (SSSR count). The normalized spacial score (nSPS) is 20.0. The quantitative estimate of drug-likeness (QED) is 0.532. The highest BCUT2D eigenvalue weighted by Gasteiger charge is 2.17. The molecule has 1 aromatic rings. The minimum absolute atomic E-state index is 0.517. The fourth-order valence-electron chi connectivity index (χ4n) is 2.03. The lowest BCUT2D eigenvalue weighted by molar-refractivity contribution is 0.143. The van der Waals surface area contributed by atoms with Gasteiger partial charge in [-0.2, -0.15) is 0 Å². The first-order chi connectivity index (χ1) is 6.36. The van der Waals surface area contributed by atoms with Gasteiger partial charge in [-0.3, -0.25) is 0 Å². The van der Waals surface area contributed by atoms with Crippen molar-refractivity contribution >= 4 is 0 Å². The Hall–Kier alpha value is -1.06. The Morgan fingerprint density at radius 2 is 1.92 bits per heavy atom. The molecule has 1 aliphatic rings. The van der Waals surface area contributed by atoms with Gasteiger partial charge < -0.3 is 5.21 Å². The maximum Gasteiger partial charge on any atom is 0.0903 e. The molecule has 1 fully saturated rings. The highest BCUT2D eigenvalue weighted by Crippen LogP contribution is 2.29. The average molecular weight is 181 g/mol. The Labute approximate surface area is 77.5 Å². The molecular formula is C9H15N3O. The standard InChI is InChI=1S/C9H15N3O/c13-12-7-9(10-11-12)8-5-3-1-2-4-6-8/h7-8,13H,1-6H2. The second-order valence-electron chi connectivity index (χ2n) is 3.75. The first kappa shape index (κ1) is 8.53. The molecule has 0 saturated heterocycles. The second-order valence-corrected chi connectivity index (χ2v) is 3.75. The molecule has 0 spiro atoms. The summed E-state index contributed by atoms with van der Waals surface area (Å²) >= 11 is 0. The smallest absolute Gasteiger partial charge is 0.0903 e. The summed E-state index contributed by atoms with van der Waals surface area (Å²) in [5.74, 6) is 0.517. The van der Waals surface area contributed by atoms with Crippen LogP contribution in [-0.2, 0) is 0 Å². The number of hydrogen-bond acceptors (Lipinski definition) is 3. The summed E-state index contributed by atoms with van der Waals surface area (Å²) in [5, 5.41) is 16.5. The third kappa shape index (κ3) is 1.99. The van der Waals surface area contributed by atoms with Crippen molar-refractivity contribution in [3.63, 3.8) is 0 Å². The van der Waals surface area contributed by atoms with Crippen LogP contribution in [0.15, 0.2) is 6.20 Å². The van der Waals surface area contributed by atoms with E-state index in [0.717, 1.165) is 10.5 Å². The highest BCUT2D eigenvalue weighted by atomic mass is 16.5. The zero-order chi connectivity index (χ0) is 9.10. The molecule has 72 valence electrons. The fraction of sp³-hybridized carbons (Fsp3) is 0.778. The second kappa shape index (κ2) is 3.77. The lowest BCUT2D eigenvalue weighted by atomic mass is 9.97. The lowest BCUT2D eigenvalue weighted by Crippen LogP contribution is -1.97. The summed E-state index contributed by atoms with van der Waals surface area (Å²) in [6.07, 6.45) is 9.24. The zero-order valence-electron chi connectivity index (χ0n) is 7.69. The number of aromatic nitrogens is 3. The summed E-state index contributed by atoms with van der Waals surface area (Å²) < 4.78 is 0. The molecule has 1 heterocycles. The molecule has 1 N–H and O–H groups in total. The molecule has 4 heteroatoms. The van der Waals surface area contributed by atoms with Gasteiger partial charge in [0.25, 0.3) is 0 Å². The van der Waals surface area contributed by atoms with Crippen LogP contribution in [0.5, 0.6) is 0 Å². The largest absolute Gasteiger partial charge is 0.411 e. The summed E-state index contributed by atoms with van der Waals surface area (Å²) in [6.45, 7) is 0. The maximum absolute atomic E-state index is 9.00. The van der Waals surface area contributed by atoms with Gasteiger partial charge in [0, 0.05) is 5.92 Å². The molecule has 13 heavy (non-hydrogen) atoms. The van der Waals surface area contributed by atoms with E-state index >= 15 is 0 Å². The van der Waals surface area contributed by atoms with Crippen molar-refractivity contribution < 1.29 is 5.21 Å². The summed E-state index contributed by atoms with van der Waals surface area (Å²) in [7, 11) is 0. The molecule has 1 aromatic heterocycles. The monoisotopic (exact) mass is 181 g/mol. The van der Waals surface area contributed by atoms with Crippen LogP contribution >= 0.6 is 0 Å². The van der Waals surface area contributed by atoms with Gasteiger partial charge in [-0.05, 0) is 18.1 Å². The number of hydrogen-bond donors (Lipinski definition) is 1. The van der Waals surface area contributed by atoms with Crippen molar-refractivity contribution in [2.24, 2.45) is 0 Å². The van der Waals surface area contributed by atoms with E-state index < -0.39 is 0 Å². The molecule has 1 saturated carbocycles. The van der Waals surface area contributed by atoms with Gasteiger partial charge >= 0.3 is 0 Å². The highest BCUT2D eigenvalue weighted by molar-refractivity contribution is 5.01. The van der Waals surface area contributed by atoms with E-state index in [4.69, 9.17) is 5.21 Å². The van der Waals surface area contributed by atoms with Crippen LogP contribution in [-0.4, -0.2) is 20.4 Å². The van der Waals surface area contributed by atoms with Crippen LogP contribution in [0.25, 0.3) is 0 Å². The van der Waals surface area contributed by atoms with Crippen LogP contribution in [0.2, 0.25) is 0 Å². The Kier molecular flexibility index (Phi) is 2.47. The van der Waals surface area contributed by atoms with E-state index in [1.165, 1.54) is 38.5 Å². The SMILES string of the molecule is On1cc(C2CCCCCC2)nn1. The molecule has 0 aromatic carbocycles. The fourth-order valence-corrected chi connectivity index (χ4v) is 2.03. The molecular weight excluding hydrogens is 166 g/mol. The first-order valence-electron chi connectivity index (χ1n) is 4.98. The number of rotatable bonds is 1. The van der Waals surface area contributed by atoms with Crippen molar-refractivity contribution in [1.29, 1.82) is 0 Å². The third-order valence-electron chi connectivity index (χ3n) is 2.77. The van der Waals surface area contributed by atoms with Crippen LogP contribution in [0.3, 0.4) is 0 Å². The molecule has 0 unspecified atom stereocenters. The van der Waals surface area contributed by atoms with Crippen molar-refractivity contribution in [3.8, 4) is 0 Å². The topological polar surface area (TPSA) is 50.9 Å². The molecule has 0 radical (unpaired) electrons. The number of nitrogens with zero attached hydrogens (tertiary/aromatic N) is 3. The van der Waals surface area contributed by atoms with Crippen molar-refractivity contribution in [2.45, 2.75) is 44.4 Å². The minimum Gasteiger partial charge on any atom is -0.411 e. The van der Waals surface area contributed by atoms with Gasteiger partial charge in [0.1, 0.15) is 0 Å². The predicted molar refractivity (Wildman–Crippen MR) is 47.6 cm³/mol. The zero-order valence-corrected chi connectivity index (χ0v) is 7.69. The van der Waals surface area contributed by atoms with E-state index in [1.807, 2.05) is 0 Å². The van der Waals surface area contributed by atoms with Gasteiger partial charge in [-0.1, -0.05) is 30.5 Å². The summed E-state index contributed by atoms with van der Waals surface area (Å²) in [4.78, 5) is 0.806. The van der Waals surface area contributed by atoms with Gasteiger partial charge in [0.15, 0.2) is 0 Å². The van der Waals surface area contributed by atoms with Gasteiger partial charge in [-0.15, -0.1) is 5.10 Å². The maximum atomic E-state index is 9.00. The Bertz CT molecular complexity index is 264. The van der Waals surface area contributed by atoms with Gasteiger partial charge in [0.05, 0.1) is 11.9 Å². The van der Waals surface area contributed by atoms with Gasteiger partial charge in [0.2, 0.25) is 0 Å². The molecule has 0 atom stereocenters. The third-order valence-corrected chi connectivity index (χ3v) is 2.77. The Morgan fingerprint density at radius 3 is 2.46 bits per heavy atom. The summed E-state index contributed by atoms with van der Waals surface area (Å²) in [6, 6.07) is 0. The summed E-state index contributed by atoms with van der Waals surface area (Å²) in [5.41, 5.74) is 0.949.